The van der Waals surface area contributed by atoms with Gasteiger partial charge in [-0.05, 0) is 52.7 Å². The quantitative estimate of drug-likeness (QED) is 0.826. The number of nitrogens with one attached hydrogen (secondary N) is 1. The summed E-state index contributed by atoms with van der Waals surface area (Å²) in [4.78, 5) is 25.6. The van der Waals surface area contributed by atoms with Gasteiger partial charge in [-0.2, -0.15) is 0 Å². The van der Waals surface area contributed by atoms with Crippen LogP contribution < -0.4 is 15.0 Å². The third kappa shape index (κ3) is 5.37. The number of piperidine rings is 1. The van der Waals surface area contributed by atoms with E-state index in [0.717, 1.165) is 31.4 Å². The lowest BCUT2D eigenvalue weighted by molar-refractivity contribution is 0.0499. The van der Waals surface area contributed by atoms with Crippen LogP contribution in [0.4, 0.5) is 10.5 Å². The van der Waals surface area contributed by atoms with Crippen molar-refractivity contribution in [3.8, 4) is 5.75 Å². The van der Waals surface area contributed by atoms with Gasteiger partial charge < -0.3 is 19.7 Å². The molecule has 0 aliphatic carbocycles. The molecule has 1 aromatic rings. The maximum atomic E-state index is 12.0. The molecule has 1 aliphatic heterocycles. The number of hydrogen-bond donors (Lipinski definition) is 1. The van der Waals surface area contributed by atoms with Gasteiger partial charge in [0.2, 0.25) is 0 Å². The average molecular weight is 348 g/mol. The lowest BCUT2D eigenvalue weighted by Gasteiger charge is -2.36. The van der Waals surface area contributed by atoms with Gasteiger partial charge in [0.25, 0.3) is 0 Å². The highest BCUT2D eigenvalue weighted by Crippen LogP contribution is 2.33. The van der Waals surface area contributed by atoms with Gasteiger partial charge >= 0.3 is 6.09 Å². The molecule has 6 heteroatoms. The van der Waals surface area contributed by atoms with Crippen molar-refractivity contribution in [1.29, 1.82) is 0 Å². The Morgan fingerprint density at radius 1 is 1.40 bits per heavy atom. The number of anilines is 1. The summed E-state index contributed by atoms with van der Waals surface area (Å²) in [5.41, 5.74) is 0.879. The Labute approximate surface area is 149 Å². The number of benzene rings is 1. The molecule has 0 spiro atoms. The Hall–Kier alpha value is -2.24. The number of hydrogen-bond acceptors (Lipinski definition) is 5. The zero-order valence-electron chi connectivity index (χ0n) is 15.5. The van der Waals surface area contributed by atoms with Crippen LogP contribution in [-0.4, -0.2) is 43.7 Å². The van der Waals surface area contributed by atoms with Crippen molar-refractivity contribution >= 4 is 18.1 Å². The van der Waals surface area contributed by atoms with E-state index in [0.29, 0.717) is 24.5 Å². The van der Waals surface area contributed by atoms with Gasteiger partial charge in [0.1, 0.15) is 11.4 Å². The van der Waals surface area contributed by atoms with E-state index in [-0.39, 0.29) is 6.04 Å². The van der Waals surface area contributed by atoms with E-state index in [1.54, 1.807) is 6.07 Å². The zero-order valence-corrected chi connectivity index (χ0v) is 15.5. The van der Waals surface area contributed by atoms with E-state index in [2.05, 4.69) is 10.2 Å². The molecule has 1 atom stereocenters. The summed E-state index contributed by atoms with van der Waals surface area (Å²) in [6.07, 6.45) is 2.23. The van der Waals surface area contributed by atoms with Crippen molar-refractivity contribution in [2.45, 2.75) is 52.2 Å². The van der Waals surface area contributed by atoms with Gasteiger partial charge in [0.15, 0.2) is 6.29 Å². The third-order valence-corrected chi connectivity index (χ3v) is 3.92. The molecule has 1 heterocycles. The molecular formula is C19H28N2O4. The molecule has 1 N–H and O–H groups in total. The highest BCUT2D eigenvalue weighted by molar-refractivity contribution is 5.87. The average Bonchev–Trinajstić information content (AvgIpc) is 2.53. The minimum absolute atomic E-state index is 0.0298. The molecule has 0 aromatic heterocycles. The molecule has 0 radical (unpaired) electrons. The van der Waals surface area contributed by atoms with Crippen molar-refractivity contribution < 1.29 is 19.1 Å². The van der Waals surface area contributed by atoms with Crippen LogP contribution in [0.1, 0.15) is 50.9 Å². The number of rotatable bonds is 5. The Bertz CT molecular complexity index is 610. The van der Waals surface area contributed by atoms with Crippen molar-refractivity contribution in [3.63, 3.8) is 0 Å². The molecule has 0 bridgehead atoms. The van der Waals surface area contributed by atoms with Crippen molar-refractivity contribution in [2.24, 2.45) is 0 Å². The van der Waals surface area contributed by atoms with Gasteiger partial charge in [-0.15, -0.1) is 0 Å². The summed E-state index contributed by atoms with van der Waals surface area (Å²) >= 11 is 0. The van der Waals surface area contributed by atoms with Crippen LogP contribution >= 0.6 is 0 Å². The molecular weight excluding hydrogens is 320 g/mol. The predicted molar refractivity (Wildman–Crippen MR) is 97.6 cm³/mol. The van der Waals surface area contributed by atoms with Crippen molar-refractivity contribution in [3.05, 3.63) is 23.8 Å². The Kier molecular flexibility index (Phi) is 6.28. The molecule has 6 nitrogen and oxygen atoms in total. The van der Waals surface area contributed by atoms with Gasteiger partial charge in [0.05, 0.1) is 12.3 Å². The van der Waals surface area contributed by atoms with Crippen molar-refractivity contribution in [2.75, 3.05) is 24.6 Å². The van der Waals surface area contributed by atoms with E-state index in [9.17, 15) is 9.59 Å². The van der Waals surface area contributed by atoms with E-state index >= 15 is 0 Å². The van der Waals surface area contributed by atoms with E-state index in [1.165, 1.54) is 0 Å². The van der Waals surface area contributed by atoms with Gasteiger partial charge in [-0.25, -0.2) is 4.79 Å². The number of carbonyl (C=O) groups excluding carboxylic acids is 2. The summed E-state index contributed by atoms with van der Waals surface area (Å²) in [5, 5.41) is 2.93. The first-order valence-electron chi connectivity index (χ1n) is 8.79. The maximum Gasteiger partial charge on any atom is 0.407 e. The van der Waals surface area contributed by atoms with Gasteiger partial charge in [0, 0.05) is 24.7 Å². The second-order valence-electron chi connectivity index (χ2n) is 7.18. The zero-order chi connectivity index (χ0) is 18.4. The summed E-state index contributed by atoms with van der Waals surface area (Å²) < 4.78 is 11.0. The second-order valence-corrected chi connectivity index (χ2v) is 7.18. The smallest absolute Gasteiger partial charge is 0.407 e. The number of alkyl carbamates (subject to hydrolysis) is 1. The second kappa shape index (κ2) is 8.23. The van der Waals surface area contributed by atoms with Gasteiger partial charge in [-0.3, -0.25) is 4.79 Å². The first kappa shape index (κ1) is 19.1. The van der Waals surface area contributed by atoms with Crippen LogP contribution in [0.15, 0.2) is 18.2 Å². The number of para-hydroxylation sites is 1. The summed E-state index contributed by atoms with van der Waals surface area (Å²) in [6, 6.07) is 5.45. The fourth-order valence-corrected chi connectivity index (χ4v) is 3.02. The first-order chi connectivity index (χ1) is 11.8. The van der Waals surface area contributed by atoms with Crippen LogP contribution in [0.3, 0.4) is 0 Å². The van der Waals surface area contributed by atoms with E-state index < -0.39 is 11.7 Å². The molecule has 0 saturated carbocycles. The van der Waals surface area contributed by atoms with Crippen LogP contribution in [-0.2, 0) is 4.74 Å². The minimum atomic E-state index is -0.523. The normalized spacial score (nSPS) is 17.8. The maximum absolute atomic E-state index is 12.0. The molecule has 138 valence electrons. The van der Waals surface area contributed by atoms with Crippen LogP contribution in [0, 0.1) is 0 Å². The molecule has 1 aromatic carbocycles. The summed E-state index contributed by atoms with van der Waals surface area (Å²) in [6.45, 7) is 9.40. The van der Waals surface area contributed by atoms with E-state index in [1.807, 2.05) is 39.8 Å². The highest BCUT2D eigenvalue weighted by Gasteiger charge is 2.27. The predicted octanol–water partition coefficient (Wildman–Crippen LogP) is 3.39. The number of nitrogens with zero attached hydrogens (tertiary/aromatic N) is 1. The Morgan fingerprint density at radius 3 is 2.80 bits per heavy atom. The molecule has 1 amide bonds. The topological polar surface area (TPSA) is 67.9 Å². The summed E-state index contributed by atoms with van der Waals surface area (Å²) in [5.74, 6) is 0.699. The fourth-order valence-electron chi connectivity index (χ4n) is 3.02. The highest BCUT2D eigenvalue weighted by atomic mass is 16.6. The van der Waals surface area contributed by atoms with Crippen LogP contribution in [0.25, 0.3) is 0 Å². The molecule has 2 rings (SSSR count). The van der Waals surface area contributed by atoms with Crippen LogP contribution in [0.2, 0.25) is 0 Å². The monoisotopic (exact) mass is 348 g/mol. The largest absolute Gasteiger partial charge is 0.492 e. The lowest BCUT2D eigenvalue weighted by Crippen LogP contribution is -2.49. The molecule has 1 saturated heterocycles. The fraction of sp³-hybridized carbons (Fsp3) is 0.579. The number of carbonyl (C=O) groups is 2. The molecule has 1 fully saturated rings. The molecule has 0 unspecified atom stereocenters. The van der Waals surface area contributed by atoms with Gasteiger partial charge in [-0.1, -0.05) is 6.07 Å². The minimum Gasteiger partial charge on any atom is -0.492 e. The third-order valence-electron chi connectivity index (χ3n) is 3.92. The Balaban J connectivity index is 2.13. The molecule has 25 heavy (non-hydrogen) atoms. The first-order valence-corrected chi connectivity index (χ1v) is 8.79. The summed E-state index contributed by atoms with van der Waals surface area (Å²) in [7, 11) is 0. The standard InChI is InChI=1S/C19H28N2O4/c1-5-24-16-10-6-8-14(13-22)17(16)21-11-7-9-15(12-21)20-18(23)25-19(2,3)4/h6,8,10,13,15H,5,7,9,11-12H2,1-4H3,(H,20,23)/t15-/m1/s1. The number of ether oxygens (including phenoxy) is 2. The molecule has 1 aliphatic rings. The van der Waals surface area contributed by atoms with Crippen LogP contribution in [0.5, 0.6) is 5.75 Å². The van der Waals surface area contributed by atoms with E-state index in [4.69, 9.17) is 9.47 Å². The number of aldehydes is 1. The van der Waals surface area contributed by atoms with Crippen molar-refractivity contribution in [1.82, 2.24) is 5.32 Å². The SMILES string of the molecule is CCOc1cccc(C=O)c1N1CCC[C@@H](NC(=O)OC(C)(C)C)C1. The Morgan fingerprint density at radius 2 is 2.16 bits per heavy atom. The number of amides is 1. The lowest BCUT2D eigenvalue weighted by atomic mass is 10.0.